The zero-order valence-corrected chi connectivity index (χ0v) is 11.3. The minimum Gasteiger partial charge on any atom is -0.391 e. The van der Waals surface area contributed by atoms with Crippen LogP contribution in [0.1, 0.15) is 33.0 Å². The number of hydrogen-bond donors (Lipinski definition) is 2. The molecule has 0 aromatic carbocycles. The standard InChI is InChI=1S/C12H20ClN3O/c1-4-5-11-15-10(13)6-12(16-11)14-7-9(17)8(2)3/h6,8-9,17H,4-5,7H2,1-3H3,(H,14,15,16). The molecule has 0 aliphatic rings. The van der Waals surface area contributed by atoms with Crippen LogP contribution in [0.5, 0.6) is 0 Å². The first-order valence-electron chi connectivity index (χ1n) is 5.98. The van der Waals surface area contributed by atoms with Crippen molar-refractivity contribution >= 4 is 17.4 Å². The van der Waals surface area contributed by atoms with Gasteiger partial charge in [-0.3, -0.25) is 0 Å². The van der Waals surface area contributed by atoms with E-state index >= 15 is 0 Å². The maximum absolute atomic E-state index is 9.69. The third-order valence-electron chi connectivity index (χ3n) is 2.48. The first kappa shape index (κ1) is 14.2. The first-order chi connectivity index (χ1) is 8.02. The number of aromatic nitrogens is 2. The molecular weight excluding hydrogens is 238 g/mol. The maximum atomic E-state index is 9.69. The topological polar surface area (TPSA) is 58.0 Å². The van der Waals surface area contributed by atoms with Crippen LogP contribution in [-0.4, -0.2) is 27.7 Å². The van der Waals surface area contributed by atoms with Gasteiger partial charge >= 0.3 is 0 Å². The van der Waals surface area contributed by atoms with Crippen molar-refractivity contribution in [3.63, 3.8) is 0 Å². The predicted octanol–water partition coefficient (Wildman–Crippen LogP) is 2.51. The molecule has 5 heteroatoms. The van der Waals surface area contributed by atoms with Crippen molar-refractivity contribution in [1.29, 1.82) is 0 Å². The highest BCUT2D eigenvalue weighted by Gasteiger charge is 2.09. The summed E-state index contributed by atoms with van der Waals surface area (Å²) >= 11 is 5.91. The summed E-state index contributed by atoms with van der Waals surface area (Å²) in [5.74, 6) is 1.63. The molecule has 0 spiro atoms. The lowest BCUT2D eigenvalue weighted by Crippen LogP contribution is -2.25. The zero-order valence-electron chi connectivity index (χ0n) is 10.6. The summed E-state index contributed by atoms with van der Waals surface area (Å²) in [5.41, 5.74) is 0. The van der Waals surface area contributed by atoms with Gasteiger partial charge in [0.2, 0.25) is 0 Å². The molecule has 17 heavy (non-hydrogen) atoms. The molecule has 2 N–H and O–H groups in total. The highest BCUT2D eigenvalue weighted by molar-refractivity contribution is 6.29. The monoisotopic (exact) mass is 257 g/mol. The Morgan fingerprint density at radius 1 is 1.41 bits per heavy atom. The number of rotatable bonds is 6. The van der Waals surface area contributed by atoms with E-state index in [0.29, 0.717) is 17.5 Å². The van der Waals surface area contributed by atoms with Crippen molar-refractivity contribution in [2.45, 2.75) is 39.7 Å². The van der Waals surface area contributed by atoms with Crippen LogP contribution < -0.4 is 5.32 Å². The fraction of sp³-hybridized carbons (Fsp3) is 0.667. The van der Waals surface area contributed by atoms with Crippen molar-refractivity contribution in [2.75, 3.05) is 11.9 Å². The number of aliphatic hydroxyl groups is 1. The average molecular weight is 258 g/mol. The van der Waals surface area contributed by atoms with E-state index in [1.54, 1.807) is 6.07 Å². The highest BCUT2D eigenvalue weighted by atomic mass is 35.5. The fourth-order valence-corrected chi connectivity index (χ4v) is 1.54. The second-order valence-electron chi connectivity index (χ2n) is 4.43. The van der Waals surface area contributed by atoms with Gasteiger partial charge in [0.1, 0.15) is 16.8 Å². The van der Waals surface area contributed by atoms with Gasteiger partial charge in [0.25, 0.3) is 0 Å². The van der Waals surface area contributed by atoms with Crippen LogP contribution in [0.2, 0.25) is 5.15 Å². The van der Waals surface area contributed by atoms with Gasteiger partial charge in [-0.05, 0) is 12.3 Å². The summed E-state index contributed by atoms with van der Waals surface area (Å²) in [7, 11) is 0. The smallest absolute Gasteiger partial charge is 0.134 e. The van der Waals surface area contributed by atoms with E-state index in [0.717, 1.165) is 18.7 Å². The molecule has 0 amide bonds. The zero-order chi connectivity index (χ0) is 12.8. The highest BCUT2D eigenvalue weighted by Crippen LogP contribution is 2.13. The number of halogens is 1. The summed E-state index contributed by atoms with van der Waals surface area (Å²) in [4.78, 5) is 8.47. The summed E-state index contributed by atoms with van der Waals surface area (Å²) in [6, 6.07) is 1.67. The Labute approximate surface area is 107 Å². The molecule has 0 bridgehead atoms. The summed E-state index contributed by atoms with van der Waals surface area (Å²) < 4.78 is 0. The lowest BCUT2D eigenvalue weighted by molar-refractivity contribution is 0.138. The van der Waals surface area contributed by atoms with E-state index < -0.39 is 6.10 Å². The molecule has 0 aliphatic heterocycles. The van der Waals surface area contributed by atoms with Gasteiger partial charge < -0.3 is 10.4 Å². The Morgan fingerprint density at radius 3 is 2.71 bits per heavy atom. The lowest BCUT2D eigenvalue weighted by Gasteiger charge is -2.15. The van der Waals surface area contributed by atoms with Crippen molar-refractivity contribution in [3.8, 4) is 0 Å². The normalized spacial score (nSPS) is 12.8. The first-order valence-corrected chi connectivity index (χ1v) is 6.36. The van der Waals surface area contributed by atoms with Gasteiger partial charge in [-0.25, -0.2) is 9.97 Å². The minimum atomic E-state index is -0.390. The fourth-order valence-electron chi connectivity index (χ4n) is 1.34. The molecule has 0 aliphatic carbocycles. The summed E-state index contributed by atoms with van der Waals surface area (Å²) in [6.45, 7) is 6.49. The van der Waals surface area contributed by atoms with E-state index in [4.69, 9.17) is 11.6 Å². The van der Waals surface area contributed by atoms with Crippen LogP contribution in [-0.2, 0) is 6.42 Å². The SMILES string of the molecule is CCCc1nc(Cl)cc(NCC(O)C(C)C)n1. The van der Waals surface area contributed by atoms with Crippen LogP contribution in [0.4, 0.5) is 5.82 Å². The second-order valence-corrected chi connectivity index (χ2v) is 4.82. The maximum Gasteiger partial charge on any atom is 0.134 e. The average Bonchev–Trinajstić information content (AvgIpc) is 2.25. The van der Waals surface area contributed by atoms with Gasteiger partial charge in [-0.15, -0.1) is 0 Å². The number of nitrogens with one attached hydrogen (secondary N) is 1. The third kappa shape index (κ3) is 4.88. The Morgan fingerprint density at radius 2 is 2.12 bits per heavy atom. The molecule has 0 saturated carbocycles. The van der Waals surface area contributed by atoms with Crippen LogP contribution in [0.25, 0.3) is 0 Å². The molecule has 1 aromatic rings. The molecule has 0 radical (unpaired) electrons. The predicted molar refractivity (Wildman–Crippen MR) is 70.4 cm³/mol. The number of anilines is 1. The van der Waals surface area contributed by atoms with E-state index in [2.05, 4.69) is 22.2 Å². The molecule has 1 heterocycles. The summed E-state index contributed by atoms with van der Waals surface area (Å²) in [5, 5.41) is 13.2. The van der Waals surface area contributed by atoms with Gasteiger partial charge in [0.15, 0.2) is 0 Å². The van der Waals surface area contributed by atoms with E-state index in [9.17, 15) is 5.11 Å². The van der Waals surface area contributed by atoms with Crippen LogP contribution in [0.15, 0.2) is 6.07 Å². The molecule has 1 aromatic heterocycles. The number of aryl methyl sites for hydroxylation is 1. The van der Waals surface area contributed by atoms with Crippen molar-refractivity contribution in [3.05, 3.63) is 17.0 Å². The van der Waals surface area contributed by atoms with Crippen molar-refractivity contribution < 1.29 is 5.11 Å². The summed E-state index contributed by atoms with van der Waals surface area (Å²) in [6.07, 6.45) is 1.40. The Kier molecular flexibility index (Phi) is 5.65. The van der Waals surface area contributed by atoms with Crippen LogP contribution in [0.3, 0.4) is 0 Å². The quantitative estimate of drug-likeness (QED) is 0.769. The molecule has 96 valence electrons. The number of aliphatic hydroxyl groups excluding tert-OH is 1. The molecule has 1 unspecified atom stereocenters. The molecule has 1 atom stereocenters. The van der Waals surface area contributed by atoms with Crippen LogP contribution >= 0.6 is 11.6 Å². The molecule has 0 saturated heterocycles. The lowest BCUT2D eigenvalue weighted by atomic mass is 10.1. The largest absolute Gasteiger partial charge is 0.391 e. The van der Waals surface area contributed by atoms with Crippen molar-refractivity contribution in [1.82, 2.24) is 9.97 Å². The van der Waals surface area contributed by atoms with E-state index in [-0.39, 0.29) is 5.92 Å². The van der Waals surface area contributed by atoms with Crippen LogP contribution in [0, 0.1) is 5.92 Å². The molecular formula is C12H20ClN3O. The Balaban J connectivity index is 2.64. The minimum absolute atomic E-state index is 0.218. The molecule has 1 rings (SSSR count). The molecule has 4 nitrogen and oxygen atoms in total. The number of nitrogens with zero attached hydrogens (tertiary/aromatic N) is 2. The van der Waals surface area contributed by atoms with Crippen molar-refractivity contribution in [2.24, 2.45) is 5.92 Å². The second kappa shape index (κ2) is 6.77. The van der Waals surface area contributed by atoms with Gasteiger partial charge in [0.05, 0.1) is 6.10 Å². The van der Waals surface area contributed by atoms with E-state index in [1.807, 2.05) is 13.8 Å². The van der Waals surface area contributed by atoms with Gasteiger partial charge in [-0.2, -0.15) is 0 Å². The molecule has 0 fully saturated rings. The van der Waals surface area contributed by atoms with Gasteiger partial charge in [0, 0.05) is 19.0 Å². The number of hydrogen-bond acceptors (Lipinski definition) is 4. The van der Waals surface area contributed by atoms with E-state index in [1.165, 1.54) is 0 Å². The Bertz CT molecular complexity index is 358. The Hall–Kier alpha value is -0.870. The van der Waals surface area contributed by atoms with Gasteiger partial charge in [-0.1, -0.05) is 32.4 Å². The third-order valence-corrected chi connectivity index (χ3v) is 2.67.